The van der Waals surface area contributed by atoms with Gasteiger partial charge in [0.05, 0.1) is 12.1 Å². The van der Waals surface area contributed by atoms with E-state index in [1.54, 1.807) is 0 Å². The molecule has 0 aromatic heterocycles. The number of aliphatic hydroxyl groups excluding tert-OH is 1. The van der Waals surface area contributed by atoms with Crippen molar-refractivity contribution in [3.63, 3.8) is 0 Å². The highest BCUT2D eigenvalue weighted by molar-refractivity contribution is 5.67. The predicted octanol–water partition coefficient (Wildman–Crippen LogP) is 5.22. The van der Waals surface area contributed by atoms with Gasteiger partial charge in [-0.1, -0.05) is 88.4 Å². The maximum atomic E-state index is 12.3. The Kier molecular flexibility index (Phi) is 8.86. The van der Waals surface area contributed by atoms with Gasteiger partial charge in [-0.3, -0.25) is 0 Å². The predicted molar refractivity (Wildman–Crippen MR) is 109 cm³/mol. The first-order valence-corrected chi connectivity index (χ1v) is 10.3. The van der Waals surface area contributed by atoms with Gasteiger partial charge in [0.25, 0.3) is 0 Å². The summed E-state index contributed by atoms with van der Waals surface area (Å²) in [4.78, 5) is 12.3. The molecule has 2 atom stereocenters. The number of nitrogens with one attached hydrogen (secondary N) is 1. The summed E-state index contributed by atoms with van der Waals surface area (Å²) in [5, 5.41) is 13.7. The van der Waals surface area contributed by atoms with Gasteiger partial charge < -0.3 is 15.2 Å². The SMILES string of the molecule is C=C(CC(O)C(CC1CCCCC1)NC(=O)OCc1ccccc1)C(C)C. The summed E-state index contributed by atoms with van der Waals surface area (Å²) in [5.41, 5.74) is 1.96. The molecule has 2 unspecified atom stereocenters. The lowest BCUT2D eigenvalue weighted by molar-refractivity contribution is 0.0884. The van der Waals surface area contributed by atoms with E-state index in [4.69, 9.17) is 4.74 Å². The Hall–Kier alpha value is -1.81. The fourth-order valence-corrected chi connectivity index (χ4v) is 3.66. The number of aliphatic hydroxyl groups is 1. The van der Waals surface area contributed by atoms with Crippen molar-refractivity contribution in [2.45, 2.75) is 77.5 Å². The topological polar surface area (TPSA) is 58.6 Å². The third-order valence-corrected chi connectivity index (χ3v) is 5.58. The van der Waals surface area contributed by atoms with Gasteiger partial charge in [-0.15, -0.1) is 0 Å². The Labute approximate surface area is 164 Å². The molecule has 1 amide bonds. The number of carbonyl (C=O) groups is 1. The zero-order valence-electron chi connectivity index (χ0n) is 16.8. The standard InChI is InChI=1S/C23H35NO3/c1-17(2)18(3)14-22(25)21(15-19-10-6-4-7-11-19)24-23(26)27-16-20-12-8-5-9-13-20/h5,8-9,12-13,17,19,21-22,25H,3-4,6-7,10-11,14-16H2,1-2H3,(H,24,26). The second-order valence-corrected chi connectivity index (χ2v) is 8.14. The van der Waals surface area contributed by atoms with Crippen molar-refractivity contribution in [3.05, 3.63) is 48.0 Å². The van der Waals surface area contributed by atoms with Gasteiger partial charge in [0.1, 0.15) is 6.61 Å². The molecule has 4 nitrogen and oxygen atoms in total. The molecular weight excluding hydrogens is 338 g/mol. The number of carbonyl (C=O) groups excluding carboxylic acids is 1. The van der Waals surface area contributed by atoms with Crippen LogP contribution >= 0.6 is 0 Å². The minimum Gasteiger partial charge on any atom is -0.445 e. The van der Waals surface area contributed by atoms with E-state index in [1.807, 2.05) is 30.3 Å². The number of amides is 1. The average molecular weight is 374 g/mol. The minimum atomic E-state index is -0.633. The van der Waals surface area contributed by atoms with Crippen molar-refractivity contribution in [1.82, 2.24) is 5.32 Å². The summed E-state index contributed by atoms with van der Waals surface area (Å²) in [5.74, 6) is 0.875. The van der Waals surface area contributed by atoms with E-state index in [0.717, 1.165) is 17.6 Å². The number of alkyl carbamates (subject to hydrolysis) is 1. The van der Waals surface area contributed by atoms with Gasteiger partial charge in [-0.2, -0.15) is 0 Å². The Morgan fingerprint density at radius 2 is 1.89 bits per heavy atom. The molecule has 0 aliphatic heterocycles. The van der Waals surface area contributed by atoms with Crippen LogP contribution in [0.15, 0.2) is 42.5 Å². The molecule has 27 heavy (non-hydrogen) atoms. The van der Waals surface area contributed by atoms with Crippen molar-refractivity contribution in [3.8, 4) is 0 Å². The van der Waals surface area contributed by atoms with Crippen LogP contribution in [0.1, 0.15) is 64.4 Å². The van der Waals surface area contributed by atoms with Crippen LogP contribution in [-0.2, 0) is 11.3 Å². The largest absolute Gasteiger partial charge is 0.445 e. The highest BCUT2D eigenvalue weighted by Crippen LogP contribution is 2.29. The minimum absolute atomic E-state index is 0.234. The molecule has 2 N–H and O–H groups in total. The lowest BCUT2D eigenvalue weighted by atomic mass is 9.82. The maximum absolute atomic E-state index is 12.3. The number of benzene rings is 1. The Balaban J connectivity index is 1.92. The average Bonchev–Trinajstić information content (AvgIpc) is 2.67. The van der Waals surface area contributed by atoms with Gasteiger partial charge in [0.15, 0.2) is 0 Å². The van der Waals surface area contributed by atoms with Crippen molar-refractivity contribution in [1.29, 1.82) is 0 Å². The molecule has 2 rings (SSSR count). The van der Waals surface area contributed by atoms with Crippen LogP contribution in [0, 0.1) is 11.8 Å². The number of hydrogen-bond donors (Lipinski definition) is 2. The number of ether oxygens (including phenoxy) is 1. The lowest BCUT2D eigenvalue weighted by Gasteiger charge is -2.30. The molecule has 0 heterocycles. The summed E-state index contributed by atoms with van der Waals surface area (Å²) in [7, 11) is 0. The van der Waals surface area contributed by atoms with Crippen molar-refractivity contribution in [2.75, 3.05) is 0 Å². The maximum Gasteiger partial charge on any atom is 0.407 e. The first-order chi connectivity index (χ1) is 13.0. The van der Waals surface area contributed by atoms with Crippen LogP contribution in [0.25, 0.3) is 0 Å². The summed E-state index contributed by atoms with van der Waals surface area (Å²) in [6, 6.07) is 9.32. The monoisotopic (exact) mass is 373 g/mol. The molecule has 0 radical (unpaired) electrons. The second-order valence-electron chi connectivity index (χ2n) is 8.14. The molecule has 0 spiro atoms. The van der Waals surface area contributed by atoms with Gasteiger partial charge in [0.2, 0.25) is 0 Å². The highest BCUT2D eigenvalue weighted by atomic mass is 16.5. The molecule has 1 aliphatic rings. The molecule has 1 saturated carbocycles. The molecule has 4 heteroatoms. The summed E-state index contributed by atoms with van der Waals surface area (Å²) in [6.07, 6.45) is 6.33. The molecule has 1 fully saturated rings. The molecule has 150 valence electrons. The third kappa shape index (κ3) is 7.76. The molecule has 1 aliphatic carbocycles. The van der Waals surface area contributed by atoms with Crippen LogP contribution in [-0.4, -0.2) is 23.3 Å². The molecular formula is C23H35NO3. The fraction of sp³-hybridized carbons (Fsp3) is 0.609. The number of rotatable bonds is 9. The van der Waals surface area contributed by atoms with Crippen molar-refractivity contribution >= 4 is 6.09 Å². The quantitative estimate of drug-likeness (QED) is 0.584. The highest BCUT2D eigenvalue weighted by Gasteiger charge is 2.27. The van der Waals surface area contributed by atoms with Crippen molar-refractivity contribution < 1.29 is 14.6 Å². The first-order valence-electron chi connectivity index (χ1n) is 10.3. The van der Waals surface area contributed by atoms with Crippen LogP contribution in [0.3, 0.4) is 0 Å². The van der Waals surface area contributed by atoms with Crippen molar-refractivity contribution in [2.24, 2.45) is 11.8 Å². The molecule has 0 saturated heterocycles. The Bertz CT molecular complexity index is 579. The van der Waals surface area contributed by atoms with E-state index in [-0.39, 0.29) is 12.6 Å². The van der Waals surface area contributed by atoms with Gasteiger partial charge in [-0.25, -0.2) is 4.79 Å². The smallest absolute Gasteiger partial charge is 0.407 e. The van der Waals surface area contributed by atoms with E-state index in [9.17, 15) is 9.90 Å². The fourth-order valence-electron chi connectivity index (χ4n) is 3.66. The first kappa shape index (κ1) is 21.5. The molecule has 1 aromatic carbocycles. The van der Waals surface area contributed by atoms with Gasteiger partial charge in [0, 0.05) is 0 Å². The normalized spacial score (nSPS) is 17.3. The van der Waals surface area contributed by atoms with E-state index in [1.165, 1.54) is 32.1 Å². The zero-order valence-corrected chi connectivity index (χ0v) is 16.8. The summed E-state index contributed by atoms with van der Waals surface area (Å²) < 4.78 is 5.37. The second kappa shape index (κ2) is 11.1. The zero-order chi connectivity index (χ0) is 19.6. The molecule has 1 aromatic rings. The van der Waals surface area contributed by atoms with E-state index >= 15 is 0 Å². The Morgan fingerprint density at radius 1 is 1.22 bits per heavy atom. The molecule has 0 bridgehead atoms. The van der Waals surface area contributed by atoms with Crippen LogP contribution in [0.5, 0.6) is 0 Å². The van der Waals surface area contributed by atoms with E-state index < -0.39 is 12.2 Å². The number of hydrogen-bond acceptors (Lipinski definition) is 3. The van der Waals surface area contributed by atoms with Crippen LogP contribution in [0.4, 0.5) is 4.79 Å². The third-order valence-electron chi connectivity index (χ3n) is 5.58. The Morgan fingerprint density at radius 3 is 2.52 bits per heavy atom. The summed E-state index contributed by atoms with van der Waals surface area (Å²) in [6.45, 7) is 8.46. The van der Waals surface area contributed by atoms with Crippen LogP contribution in [0.2, 0.25) is 0 Å². The summed E-state index contributed by atoms with van der Waals surface area (Å²) >= 11 is 0. The lowest BCUT2D eigenvalue weighted by Crippen LogP contribution is -2.45. The van der Waals surface area contributed by atoms with E-state index in [0.29, 0.717) is 18.3 Å². The van der Waals surface area contributed by atoms with Gasteiger partial charge >= 0.3 is 6.09 Å². The van der Waals surface area contributed by atoms with Crippen LogP contribution < -0.4 is 5.32 Å². The van der Waals surface area contributed by atoms with Gasteiger partial charge in [-0.05, 0) is 30.2 Å². The van der Waals surface area contributed by atoms with E-state index in [2.05, 4.69) is 25.7 Å².